The van der Waals surface area contributed by atoms with Gasteiger partial charge in [0.1, 0.15) is 5.82 Å². The normalized spacial score (nSPS) is 11.8. The van der Waals surface area contributed by atoms with E-state index in [-0.39, 0.29) is 17.7 Å². The number of carbonyl (C=O) groups excluding carboxylic acids is 1. The van der Waals surface area contributed by atoms with E-state index in [1.165, 1.54) is 6.92 Å². The summed E-state index contributed by atoms with van der Waals surface area (Å²) in [6, 6.07) is 17.6. The van der Waals surface area contributed by atoms with E-state index in [1.807, 2.05) is 55.0 Å². The molecule has 0 saturated carbocycles. The molecule has 6 nitrogen and oxygen atoms in total. The van der Waals surface area contributed by atoms with Gasteiger partial charge in [-0.05, 0) is 47.0 Å². The maximum absolute atomic E-state index is 11.6. The molecule has 4 heterocycles. The van der Waals surface area contributed by atoms with Crippen LogP contribution in [0.3, 0.4) is 0 Å². The molecule has 148 valence electrons. The molecule has 0 radical (unpaired) electrons. The average molecular weight is 395 g/mol. The molecular weight excluding hydrogens is 374 g/mol. The summed E-state index contributed by atoms with van der Waals surface area (Å²) in [5.74, 6) is 0.121. The van der Waals surface area contributed by atoms with Crippen molar-refractivity contribution < 1.29 is 4.79 Å². The Labute approximate surface area is 175 Å². The van der Waals surface area contributed by atoms with Gasteiger partial charge < -0.3 is 5.32 Å². The van der Waals surface area contributed by atoms with Crippen LogP contribution >= 0.6 is 0 Å². The number of aromatic nitrogens is 4. The lowest BCUT2D eigenvalue weighted by atomic mass is 9.76. The summed E-state index contributed by atoms with van der Waals surface area (Å²) >= 11 is 0. The van der Waals surface area contributed by atoms with Gasteiger partial charge in [0.2, 0.25) is 5.91 Å². The van der Waals surface area contributed by atoms with Crippen LogP contribution in [-0.2, 0) is 4.79 Å². The van der Waals surface area contributed by atoms with Gasteiger partial charge in [0.15, 0.2) is 0 Å². The van der Waals surface area contributed by atoms with Gasteiger partial charge in [0.25, 0.3) is 0 Å². The number of pyridine rings is 4. The van der Waals surface area contributed by atoms with E-state index in [9.17, 15) is 4.79 Å². The number of anilines is 1. The molecule has 0 aliphatic heterocycles. The number of nitrogens with zero attached hydrogens (tertiary/aromatic N) is 4. The first-order valence-corrected chi connectivity index (χ1v) is 9.66. The lowest BCUT2D eigenvalue weighted by molar-refractivity contribution is -0.114. The highest BCUT2D eigenvalue weighted by Gasteiger charge is 2.30. The molecule has 4 aromatic rings. The molecule has 0 aliphatic carbocycles. The van der Waals surface area contributed by atoms with Crippen LogP contribution in [0.4, 0.5) is 5.82 Å². The van der Waals surface area contributed by atoms with Gasteiger partial charge in [-0.2, -0.15) is 0 Å². The molecular formula is C24H21N5O. The van der Waals surface area contributed by atoms with Gasteiger partial charge in [-0.3, -0.25) is 19.7 Å². The molecule has 4 rings (SSSR count). The second kappa shape index (κ2) is 9.05. The van der Waals surface area contributed by atoms with Crippen molar-refractivity contribution >= 4 is 11.7 Å². The molecule has 4 aromatic heterocycles. The highest BCUT2D eigenvalue weighted by atomic mass is 16.1. The zero-order valence-electron chi connectivity index (χ0n) is 16.5. The van der Waals surface area contributed by atoms with Crippen LogP contribution in [0.2, 0.25) is 0 Å². The number of amides is 1. The van der Waals surface area contributed by atoms with Crippen LogP contribution in [0, 0.1) is 0 Å². The Morgan fingerprint density at radius 1 is 0.733 bits per heavy atom. The lowest BCUT2D eigenvalue weighted by Gasteiger charge is -2.28. The maximum Gasteiger partial charge on any atom is 0.222 e. The van der Waals surface area contributed by atoms with Crippen LogP contribution in [0.1, 0.15) is 41.1 Å². The topological polar surface area (TPSA) is 80.7 Å². The quantitative estimate of drug-likeness (QED) is 0.529. The highest BCUT2D eigenvalue weighted by Crippen LogP contribution is 2.41. The van der Waals surface area contributed by atoms with Gasteiger partial charge in [-0.25, -0.2) is 4.98 Å². The SMILES string of the molecule is CC(=O)Nc1cccc(C(c2cccnc2)C(c2cccnc2)c2cccnc2)n1. The van der Waals surface area contributed by atoms with Crippen molar-refractivity contribution in [3.63, 3.8) is 0 Å². The summed E-state index contributed by atoms with van der Waals surface area (Å²) in [6.07, 6.45) is 10.9. The predicted octanol–water partition coefficient (Wildman–Crippen LogP) is 4.19. The van der Waals surface area contributed by atoms with E-state index in [0.29, 0.717) is 5.82 Å². The van der Waals surface area contributed by atoms with E-state index < -0.39 is 0 Å². The Morgan fingerprint density at radius 2 is 1.27 bits per heavy atom. The van der Waals surface area contributed by atoms with Gasteiger partial charge in [-0.15, -0.1) is 0 Å². The van der Waals surface area contributed by atoms with Crippen molar-refractivity contribution in [3.8, 4) is 0 Å². The smallest absolute Gasteiger partial charge is 0.222 e. The largest absolute Gasteiger partial charge is 0.311 e. The summed E-state index contributed by atoms with van der Waals surface area (Å²) in [6.45, 7) is 1.47. The fourth-order valence-electron chi connectivity index (χ4n) is 3.67. The van der Waals surface area contributed by atoms with Crippen molar-refractivity contribution in [2.75, 3.05) is 5.32 Å². The number of nitrogens with one attached hydrogen (secondary N) is 1. The molecule has 0 aliphatic rings. The third-order valence-corrected chi connectivity index (χ3v) is 4.86. The maximum atomic E-state index is 11.6. The van der Waals surface area contributed by atoms with Crippen LogP contribution < -0.4 is 5.32 Å². The second-order valence-corrected chi connectivity index (χ2v) is 6.94. The van der Waals surface area contributed by atoms with Gasteiger partial charge in [0.05, 0.1) is 5.69 Å². The van der Waals surface area contributed by atoms with Crippen LogP contribution in [-0.4, -0.2) is 25.8 Å². The zero-order chi connectivity index (χ0) is 20.8. The van der Waals surface area contributed by atoms with E-state index >= 15 is 0 Å². The molecule has 0 spiro atoms. The van der Waals surface area contributed by atoms with Crippen LogP contribution in [0.15, 0.2) is 91.8 Å². The van der Waals surface area contributed by atoms with Crippen LogP contribution in [0.5, 0.6) is 0 Å². The Kier molecular flexibility index (Phi) is 5.85. The monoisotopic (exact) mass is 395 g/mol. The summed E-state index contributed by atoms with van der Waals surface area (Å²) in [7, 11) is 0. The Balaban J connectivity index is 1.91. The fraction of sp³-hybridized carbons (Fsp3) is 0.125. The van der Waals surface area contributed by atoms with Gasteiger partial charge >= 0.3 is 0 Å². The molecule has 0 saturated heterocycles. The van der Waals surface area contributed by atoms with Crippen molar-refractivity contribution in [2.45, 2.75) is 18.8 Å². The van der Waals surface area contributed by atoms with E-state index in [4.69, 9.17) is 4.98 Å². The lowest BCUT2D eigenvalue weighted by Crippen LogP contribution is -2.17. The van der Waals surface area contributed by atoms with Crippen molar-refractivity contribution in [3.05, 3.63) is 114 Å². The summed E-state index contributed by atoms with van der Waals surface area (Å²) in [5, 5.41) is 2.78. The van der Waals surface area contributed by atoms with Crippen molar-refractivity contribution in [1.82, 2.24) is 19.9 Å². The van der Waals surface area contributed by atoms with Crippen molar-refractivity contribution in [2.24, 2.45) is 0 Å². The minimum Gasteiger partial charge on any atom is -0.311 e. The van der Waals surface area contributed by atoms with Crippen LogP contribution in [0.25, 0.3) is 0 Å². The first kappa shape index (κ1) is 19.4. The van der Waals surface area contributed by atoms with E-state index in [2.05, 4.69) is 32.4 Å². The minimum atomic E-state index is -0.159. The van der Waals surface area contributed by atoms with E-state index in [0.717, 1.165) is 22.4 Å². The van der Waals surface area contributed by atoms with E-state index in [1.54, 1.807) is 24.7 Å². The summed E-state index contributed by atoms with van der Waals surface area (Å²) in [4.78, 5) is 29.4. The molecule has 6 heteroatoms. The number of hydrogen-bond acceptors (Lipinski definition) is 5. The molecule has 1 unspecified atom stereocenters. The Morgan fingerprint density at radius 3 is 1.73 bits per heavy atom. The third kappa shape index (κ3) is 4.38. The van der Waals surface area contributed by atoms with Gasteiger partial charge in [-0.1, -0.05) is 24.3 Å². The Bertz CT molecular complexity index is 1060. The number of hydrogen-bond donors (Lipinski definition) is 1. The molecule has 1 amide bonds. The predicted molar refractivity (Wildman–Crippen MR) is 115 cm³/mol. The van der Waals surface area contributed by atoms with Crippen molar-refractivity contribution in [1.29, 1.82) is 0 Å². The number of rotatable bonds is 6. The average Bonchev–Trinajstić information content (AvgIpc) is 2.79. The molecule has 0 bridgehead atoms. The second-order valence-electron chi connectivity index (χ2n) is 6.94. The molecule has 0 fully saturated rings. The fourth-order valence-corrected chi connectivity index (χ4v) is 3.67. The van der Waals surface area contributed by atoms with Gasteiger partial charge in [0, 0.05) is 55.9 Å². The first-order chi connectivity index (χ1) is 14.7. The summed E-state index contributed by atoms with van der Waals surface area (Å²) in [5.41, 5.74) is 3.94. The Hall–Kier alpha value is -3.93. The standard InChI is InChI=1S/C24H21N5O/c1-17(30)28-22-10-2-9-21(29-22)24(20-8-5-13-27-16-20)23(18-6-3-11-25-14-18)19-7-4-12-26-15-19/h2-16,23-24H,1H3,(H,28,29,30). The minimum absolute atomic E-state index is 0.0864. The third-order valence-electron chi connectivity index (χ3n) is 4.86. The first-order valence-electron chi connectivity index (χ1n) is 9.66. The molecule has 0 aromatic carbocycles. The molecule has 1 N–H and O–H groups in total. The molecule has 30 heavy (non-hydrogen) atoms. The zero-order valence-corrected chi connectivity index (χ0v) is 16.5. The number of carbonyl (C=O) groups is 1. The molecule has 1 atom stereocenters. The summed E-state index contributed by atoms with van der Waals surface area (Å²) < 4.78 is 0. The highest BCUT2D eigenvalue weighted by molar-refractivity contribution is 5.87.